The average molecular weight is 210 g/mol. The topological polar surface area (TPSA) is 24.1 Å². The maximum absolute atomic E-state index is 11.7. The Morgan fingerprint density at radius 1 is 1.07 bits per heavy atom. The average Bonchev–Trinajstić information content (AvgIpc) is 2.54. The summed E-state index contributed by atoms with van der Waals surface area (Å²) >= 11 is 0. The van der Waals surface area contributed by atoms with Crippen LogP contribution in [0.25, 0.3) is 0 Å². The Hall–Kier alpha value is -0.290. The molecule has 0 radical (unpaired) electrons. The van der Waals surface area contributed by atoms with Crippen molar-refractivity contribution >= 4 is 0 Å². The van der Waals surface area contributed by atoms with Crippen LogP contribution >= 0.6 is 0 Å². The standard InChI is InChI=1S/C9H17F3N2/c10-9(11,12)7-13-5-6-14-8-3-1-2-4-8/h8,13-14H,1-7H2. The van der Waals surface area contributed by atoms with Crippen molar-refractivity contribution in [3.8, 4) is 0 Å². The normalized spacial score (nSPS) is 19.1. The van der Waals surface area contributed by atoms with Gasteiger partial charge in [0, 0.05) is 19.1 Å². The van der Waals surface area contributed by atoms with Crippen LogP contribution in [0.2, 0.25) is 0 Å². The maximum Gasteiger partial charge on any atom is 0.401 e. The fourth-order valence-corrected chi connectivity index (χ4v) is 1.72. The molecule has 0 bridgehead atoms. The molecule has 1 aliphatic carbocycles. The van der Waals surface area contributed by atoms with E-state index < -0.39 is 12.7 Å². The molecule has 2 nitrogen and oxygen atoms in total. The van der Waals surface area contributed by atoms with Gasteiger partial charge in [0.15, 0.2) is 0 Å². The molecule has 0 spiro atoms. The molecule has 0 amide bonds. The van der Waals surface area contributed by atoms with E-state index in [2.05, 4.69) is 10.6 Å². The van der Waals surface area contributed by atoms with Crippen molar-refractivity contribution < 1.29 is 13.2 Å². The van der Waals surface area contributed by atoms with Crippen LogP contribution in [0.3, 0.4) is 0 Å². The van der Waals surface area contributed by atoms with E-state index in [1.807, 2.05) is 0 Å². The largest absolute Gasteiger partial charge is 0.401 e. The fraction of sp³-hybridized carbons (Fsp3) is 1.00. The van der Waals surface area contributed by atoms with Crippen molar-refractivity contribution in [2.24, 2.45) is 0 Å². The molecule has 84 valence electrons. The molecule has 0 atom stereocenters. The monoisotopic (exact) mass is 210 g/mol. The first-order chi connectivity index (χ1) is 6.58. The van der Waals surface area contributed by atoms with Crippen LogP contribution < -0.4 is 10.6 Å². The minimum absolute atomic E-state index is 0.385. The highest BCUT2D eigenvalue weighted by molar-refractivity contribution is 4.73. The minimum atomic E-state index is -4.09. The van der Waals surface area contributed by atoms with Crippen molar-refractivity contribution in [2.45, 2.75) is 37.9 Å². The van der Waals surface area contributed by atoms with Crippen molar-refractivity contribution in [3.63, 3.8) is 0 Å². The molecule has 1 aliphatic rings. The van der Waals surface area contributed by atoms with E-state index in [9.17, 15) is 13.2 Å². The molecule has 1 saturated carbocycles. The molecule has 0 unspecified atom stereocenters. The summed E-state index contributed by atoms with van der Waals surface area (Å²) in [5.41, 5.74) is 0. The van der Waals surface area contributed by atoms with Gasteiger partial charge in [-0.15, -0.1) is 0 Å². The van der Waals surface area contributed by atoms with Crippen molar-refractivity contribution in [2.75, 3.05) is 19.6 Å². The van der Waals surface area contributed by atoms with Crippen LogP contribution in [0.15, 0.2) is 0 Å². The molecule has 0 aromatic carbocycles. The molecule has 0 heterocycles. The number of rotatable bonds is 5. The third-order valence-corrected chi connectivity index (χ3v) is 2.42. The lowest BCUT2D eigenvalue weighted by Crippen LogP contribution is -2.37. The molecule has 0 aromatic rings. The molecule has 0 saturated heterocycles. The van der Waals surface area contributed by atoms with Gasteiger partial charge in [0.05, 0.1) is 6.54 Å². The summed E-state index contributed by atoms with van der Waals surface area (Å²) in [6.07, 6.45) is 0.729. The van der Waals surface area contributed by atoms with Gasteiger partial charge in [0.1, 0.15) is 0 Å². The van der Waals surface area contributed by atoms with Crippen LogP contribution in [0.4, 0.5) is 13.2 Å². The summed E-state index contributed by atoms with van der Waals surface area (Å²) in [7, 11) is 0. The van der Waals surface area contributed by atoms with E-state index in [4.69, 9.17) is 0 Å². The molecule has 5 heteroatoms. The molecular weight excluding hydrogens is 193 g/mol. The lowest BCUT2D eigenvalue weighted by atomic mass is 10.2. The number of hydrogen-bond acceptors (Lipinski definition) is 2. The van der Waals surface area contributed by atoms with Crippen LogP contribution in [0.1, 0.15) is 25.7 Å². The number of alkyl halides is 3. The van der Waals surface area contributed by atoms with Gasteiger partial charge in [-0.1, -0.05) is 12.8 Å². The smallest absolute Gasteiger partial charge is 0.313 e. The van der Waals surface area contributed by atoms with E-state index in [1.165, 1.54) is 25.7 Å². The van der Waals surface area contributed by atoms with E-state index in [0.29, 0.717) is 19.1 Å². The Bertz CT molecular complexity index is 153. The van der Waals surface area contributed by atoms with Gasteiger partial charge >= 0.3 is 6.18 Å². The molecule has 1 fully saturated rings. The van der Waals surface area contributed by atoms with E-state index in [-0.39, 0.29) is 0 Å². The van der Waals surface area contributed by atoms with Gasteiger partial charge in [0.25, 0.3) is 0 Å². The zero-order chi connectivity index (χ0) is 10.4. The highest BCUT2D eigenvalue weighted by Crippen LogP contribution is 2.17. The Balaban J connectivity index is 1.89. The van der Waals surface area contributed by atoms with Gasteiger partial charge in [-0.05, 0) is 12.8 Å². The van der Waals surface area contributed by atoms with Gasteiger partial charge in [-0.2, -0.15) is 13.2 Å². The van der Waals surface area contributed by atoms with E-state index in [1.54, 1.807) is 0 Å². The maximum atomic E-state index is 11.7. The Morgan fingerprint density at radius 3 is 2.29 bits per heavy atom. The van der Waals surface area contributed by atoms with Crippen molar-refractivity contribution in [1.29, 1.82) is 0 Å². The molecule has 0 aliphatic heterocycles. The van der Waals surface area contributed by atoms with Crippen LogP contribution in [0, 0.1) is 0 Å². The summed E-state index contributed by atoms with van der Waals surface area (Å²) in [4.78, 5) is 0. The van der Waals surface area contributed by atoms with Crippen LogP contribution in [-0.4, -0.2) is 31.9 Å². The summed E-state index contributed by atoms with van der Waals surface area (Å²) in [5.74, 6) is 0. The molecule has 1 rings (SSSR count). The lowest BCUT2D eigenvalue weighted by Gasteiger charge is -2.12. The second kappa shape index (κ2) is 5.56. The predicted octanol–water partition coefficient (Wildman–Crippen LogP) is 1.67. The van der Waals surface area contributed by atoms with Crippen molar-refractivity contribution in [3.05, 3.63) is 0 Å². The Labute approximate surface area is 82.2 Å². The highest BCUT2D eigenvalue weighted by atomic mass is 19.4. The summed E-state index contributed by atoms with van der Waals surface area (Å²) in [6.45, 7) is 0.121. The van der Waals surface area contributed by atoms with Crippen molar-refractivity contribution in [1.82, 2.24) is 10.6 Å². The lowest BCUT2D eigenvalue weighted by molar-refractivity contribution is -0.124. The number of hydrogen-bond donors (Lipinski definition) is 2. The second-order valence-electron chi connectivity index (χ2n) is 3.73. The Kier molecular flexibility index (Phi) is 4.68. The van der Waals surface area contributed by atoms with Crippen LogP contribution in [0.5, 0.6) is 0 Å². The third kappa shape index (κ3) is 5.44. The zero-order valence-corrected chi connectivity index (χ0v) is 8.16. The molecule has 14 heavy (non-hydrogen) atoms. The highest BCUT2D eigenvalue weighted by Gasteiger charge is 2.25. The molecule has 0 aromatic heterocycles. The first-order valence-corrected chi connectivity index (χ1v) is 5.09. The molecular formula is C9H17F3N2. The number of halogens is 3. The first kappa shape index (κ1) is 11.8. The van der Waals surface area contributed by atoms with Gasteiger partial charge < -0.3 is 10.6 Å². The number of nitrogens with one attached hydrogen (secondary N) is 2. The van der Waals surface area contributed by atoms with E-state index in [0.717, 1.165) is 0 Å². The van der Waals surface area contributed by atoms with E-state index >= 15 is 0 Å². The predicted molar refractivity (Wildman–Crippen MR) is 49.2 cm³/mol. The van der Waals surface area contributed by atoms with Gasteiger partial charge in [-0.25, -0.2) is 0 Å². The quantitative estimate of drug-likeness (QED) is 0.674. The summed E-state index contributed by atoms with van der Waals surface area (Å²) < 4.78 is 35.1. The van der Waals surface area contributed by atoms with Gasteiger partial charge in [-0.3, -0.25) is 0 Å². The fourth-order valence-electron chi connectivity index (χ4n) is 1.72. The minimum Gasteiger partial charge on any atom is -0.313 e. The Morgan fingerprint density at radius 2 is 1.71 bits per heavy atom. The SMILES string of the molecule is FC(F)(F)CNCCNC1CCCC1. The summed E-state index contributed by atoms with van der Waals surface area (Å²) in [5, 5.41) is 5.60. The first-order valence-electron chi connectivity index (χ1n) is 5.09. The molecule has 2 N–H and O–H groups in total. The zero-order valence-electron chi connectivity index (χ0n) is 8.16. The van der Waals surface area contributed by atoms with Crippen LogP contribution in [-0.2, 0) is 0 Å². The van der Waals surface area contributed by atoms with Gasteiger partial charge in [0.2, 0.25) is 0 Å². The summed E-state index contributed by atoms with van der Waals surface area (Å²) in [6, 6.07) is 0.530. The third-order valence-electron chi connectivity index (χ3n) is 2.42. The second-order valence-corrected chi connectivity index (χ2v) is 3.73.